The predicted molar refractivity (Wildman–Crippen MR) is 241 cm³/mol. The Hall–Kier alpha value is -7.47. The maximum atomic E-state index is 6.31. The zero-order valence-electron chi connectivity index (χ0n) is 30.9. The molecule has 0 amide bonds. The number of nitrogens with zero attached hydrogens (tertiary/aromatic N) is 3. The van der Waals surface area contributed by atoms with Crippen molar-refractivity contribution >= 4 is 75.0 Å². The Morgan fingerprint density at radius 1 is 0.345 bits per heavy atom. The molecule has 0 saturated heterocycles. The van der Waals surface area contributed by atoms with Crippen LogP contribution in [0.3, 0.4) is 0 Å². The third-order valence-corrected chi connectivity index (χ3v) is 13.0. The molecule has 13 rings (SSSR count). The predicted octanol–water partition coefficient (Wildman–Crippen LogP) is 14.8. The van der Waals surface area contributed by atoms with Crippen LogP contribution in [0.1, 0.15) is 0 Å². The molecule has 268 valence electrons. The van der Waals surface area contributed by atoms with Gasteiger partial charge < -0.3 is 4.42 Å². The maximum Gasteiger partial charge on any atom is 0.164 e. The van der Waals surface area contributed by atoms with E-state index in [2.05, 4.69) is 127 Å². The minimum atomic E-state index is 0.604. The summed E-state index contributed by atoms with van der Waals surface area (Å²) in [6.45, 7) is 0. The van der Waals surface area contributed by atoms with Crippen molar-refractivity contribution in [2.75, 3.05) is 0 Å². The van der Waals surface area contributed by atoms with Crippen LogP contribution in [0.2, 0.25) is 0 Å². The Bertz CT molecular complexity index is 3690. The van der Waals surface area contributed by atoms with E-state index in [9.17, 15) is 0 Å². The topological polar surface area (TPSA) is 51.8 Å². The number of furan rings is 1. The Balaban J connectivity index is 1.10. The number of fused-ring (bicyclic) bond motifs is 10. The summed E-state index contributed by atoms with van der Waals surface area (Å²) in [7, 11) is 0. The van der Waals surface area contributed by atoms with Crippen LogP contribution in [0.25, 0.3) is 131 Å². The first-order chi connectivity index (χ1) is 28.8. The molecule has 1 aliphatic carbocycles. The first kappa shape index (κ1) is 31.7. The van der Waals surface area contributed by atoms with Crippen LogP contribution < -0.4 is 0 Å². The molecule has 0 radical (unpaired) electrons. The second kappa shape index (κ2) is 12.0. The summed E-state index contributed by atoms with van der Waals surface area (Å²) < 4.78 is 8.90. The number of hydrogen-bond donors (Lipinski definition) is 0. The summed E-state index contributed by atoms with van der Waals surface area (Å²) in [4.78, 5) is 15.7. The van der Waals surface area contributed by atoms with Gasteiger partial charge in [0, 0.05) is 53.2 Å². The van der Waals surface area contributed by atoms with Gasteiger partial charge in [-0.15, -0.1) is 11.3 Å². The van der Waals surface area contributed by atoms with Gasteiger partial charge in [0.05, 0.1) is 0 Å². The Kier molecular flexibility index (Phi) is 6.57. The van der Waals surface area contributed by atoms with Gasteiger partial charge in [-0.3, -0.25) is 0 Å². The van der Waals surface area contributed by atoms with Gasteiger partial charge in [0.1, 0.15) is 11.2 Å². The highest BCUT2D eigenvalue weighted by Gasteiger charge is 2.29. The minimum absolute atomic E-state index is 0.604. The molecule has 0 bridgehead atoms. The third kappa shape index (κ3) is 4.47. The van der Waals surface area contributed by atoms with Crippen molar-refractivity contribution < 1.29 is 4.42 Å². The maximum absolute atomic E-state index is 6.31. The van der Waals surface area contributed by atoms with Gasteiger partial charge in [-0.05, 0) is 73.6 Å². The molecule has 58 heavy (non-hydrogen) atoms. The van der Waals surface area contributed by atoms with E-state index < -0.39 is 0 Å². The van der Waals surface area contributed by atoms with Gasteiger partial charge >= 0.3 is 0 Å². The van der Waals surface area contributed by atoms with E-state index in [0.29, 0.717) is 17.5 Å². The lowest BCUT2D eigenvalue weighted by Crippen LogP contribution is -2.01. The van der Waals surface area contributed by atoms with Crippen LogP contribution in [0.5, 0.6) is 0 Å². The van der Waals surface area contributed by atoms with E-state index in [-0.39, 0.29) is 0 Å². The fraction of sp³-hybridized carbons (Fsp3) is 0. The number of thiophene rings is 1. The summed E-state index contributed by atoms with van der Waals surface area (Å²) >= 11 is 1.88. The van der Waals surface area contributed by atoms with Gasteiger partial charge in [0.15, 0.2) is 17.5 Å². The van der Waals surface area contributed by atoms with E-state index in [0.717, 1.165) is 49.4 Å². The smallest absolute Gasteiger partial charge is 0.164 e. The number of aromatic nitrogens is 3. The van der Waals surface area contributed by atoms with E-state index in [4.69, 9.17) is 19.4 Å². The average Bonchev–Trinajstić information content (AvgIpc) is 3.96. The van der Waals surface area contributed by atoms with Crippen LogP contribution >= 0.6 is 11.3 Å². The fourth-order valence-electron chi connectivity index (χ4n) is 9.44. The molecular weight excluding hydrogens is 727 g/mol. The third-order valence-electron chi connectivity index (χ3n) is 11.9. The molecule has 3 heterocycles. The Labute approximate surface area is 336 Å². The largest absolute Gasteiger partial charge is 0.456 e. The molecule has 0 saturated carbocycles. The molecule has 0 N–H and O–H groups in total. The van der Waals surface area contributed by atoms with Crippen molar-refractivity contribution in [1.82, 2.24) is 15.0 Å². The van der Waals surface area contributed by atoms with Gasteiger partial charge in [-0.2, -0.15) is 0 Å². The highest BCUT2D eigenvalue weighted by atomic mass is 32.1. The second-order valence-corrected chi connectivity index (χ2v) is 16.1. The number of hydrogen-bond acceptors (Lipinski definition) is 5. The summed E-state index contributed by atoms with van der Waals surface area (Å²) in [5.41, 5.74) is 12.1. The molecule has 3 aromatic heterocycles. The van der Waals surface area contributed by atoms with Crippen LogP contribution in [0.15, 0.2) is 180 Å². The standard InChI is InChI=1S/C53H29N3OS/c1-2-13-31(14-3-1)51-54-52(56-53(55-51)40-25-12-27-43-47(40)37-17-4-6-26-42(37)57-43)36-23-11-19-32-33(36)20-10-22-34(32)50-48-39-24-9-16-30-15-8-21-35(46(30)39)41(48)29-45-49(50)38-18-5-7-28-44(38)58-45/h1-29H. The molecule has 0 atom stereocenters. The van der Waals surface area contributed by atoms with Gasteiger partial charge in [0.2, 0.25) is 0 Å². The highest BCUT2D eigenvalue weighted by Crippen LogP contribution is 2.56. The molecule has 0 aliphatic heterocycles. The van der Waals surface area contributed by atoms with Crippen molar-refractivity contribution in [1.29, 1.82) is 0 Å². The van der Waals surface area contributed by atoms with E-state index in [1.807, 2.05) is 59.9 Å². The molecule has 12 aromatic rings. The molecule has 1 aliphatic rings. The van der Waals surface area contributed by atoms with Crippen LogP contribution in [-0.2, 0) is 0 Å². The number of para-hydroxylation sites is 1. The lowest BCUT2D eigenvalue weighted by Gasteiger charge is -2.17. The van der Waals surface area contributed by atoms with Crippen molar-refractivity contribution in [3.8, 4) is 67.5 Å². The van der Waals surface area contributed by atoms with Crippen LogP contribution in [0, 0.1) is 0 Å². The fourth-order valence-corrected chi connectivity index (χ4v) is 10.6. The summed E-state index contributed by atoms with van der Waals surface area (Å²) in [5, 5.41) is 9.45. The Morgan fingerprint density at radius 2 is 0.948 bits per heavy atom. The SMILES string of the molecule is c1ccc(-c2nc(-c3cccc4c(-c5c6c(cc7sc8ccccc8c57)-c5cccc7cccc-6c57)cccc34)nc(-c3cccc4oc5ccccc5c34)n2)cc1. The zero-order valence-corrected chi connectivity index (χ0v) is 31.7. The van der Waals surface area contributed by atoms with Crippen molar-refractivity contribution in [2.45, 2.75) is 0 Å². The zero-order chi connectivity index (χ0) is 37.9. The van der Waals surface area contributed by atoms with Crippen molar-refractivity contribution in [3.63, 3.8) is 0 Å². The van der Waals surface area contributed by atoms with Crippen molar-refractivity contribution in [3.05, 3.63) is 176 Å². The molecule has 9 aromatic carbocycles. The van der Waals surface area contributed by atoms with Crippen molar-refractivity contribution in [2.24, 2.45) is 0 Å². The second-order valence-electron chi connectivity index (χ2n) is 15.0. The van der Waals surface area contributed by atoms with Crippen LogP contribution in [-0.4, -0.2) is 15.0 Å². The summed E-state index contributed by atoms with van der Waals surface area (Å²) in [6, 6.07) is 62.5. The lowest BCUT2D eigenvalue weighted by atomic mass is 9.86. The lowest BCUT2D eigenvalue weighted by molar-refractivity contribution is 0.669. The average molecular weight is 756 g/mol. The van der Waals surface area contributed by atoms with Crippen LogP contribution in [0.4, 0.5) is 0 Å². The van der Waals surface area contributed by atoms with E-state index >= 15 is 0 Å². The van der Waals surface area contributed by atoms with Gasteiger partial charge in [-0.1, -0.05) is 152 Å². The van der Waals surface area contributed by atoms with E-state index in [1.54, 1.807) is 0 Å². The quantitative estimate of drug-likeness (QED) is 0.179. The minimum Gasteiger partial charge on any atom is -0.456 e. The van der Waals surface area contributed by atoms with Gasteiger partial charge in [0.25, 0.3) is 0 Å². The summed E-state index contributed by atoms with van der Waals surface area (Å²) in [6.07, 6.45) is 0. The molecule has 0 spiro atoms. The van der Waals surface area contributed by atoms with Gasteiger partial charge in [-0.25, -0.2) is 15.0 Å². The normalized spacial score (nSPS) is 12.1. The summed E-state index contributed by atoms with van der Waals surface area (Å²) in [5.74, 6) is 1.85. The molecule has 0 fully saturated rings. The van der Waals surface area contributed by atoms with E-state index in [1.165, 1.54) is 64.3 Å². The number of benzene rings is 9. The molecule has 0 unspecified atom stereocenters. The molecule has 4 nitrogen and oxygen atoms in total. The molecule has 5 heteroatoms. The first-order valence-corrected chi connectivity index (χ1v) is 20.3. The Morgan fingerprint density at radius 3 is 1.81 bits per heavy atom. The molecular formula is C53H29N3OS. The first-order valence-electron chi connectivity index (χ1n) is 19.5. The highest BCUT2D eigenvalue weighted by molar-refractivity contribution is 7.26. The number of rotatable bonds is 4. The monoisotopic (exact) mass is 755 g/mol.